The maximum atomic E-state index is 9.44. The second kappa shape index (κ2) is 30.0. The molecule has 0 atom stereocenters. The molecule has 9 heteroatoms. The summed E-state index contributed by atoms with van der Waals surface area (Å²) in [4.78, 5) is 18.9. The minimum atomic E-state index is -1.04. The van der Waals surface area contributed by atoms with Crippen LogP contribution in [0.5, 0.6) is 0 Å². The number of aliphatic hydroxyl groups excluding tert-OH is 1. The monoisotopic (exact) mass is 288 g/mol. The molecule has 0 bridgehead atoms. The van der Waals surface area contributed by atoms with Crippen LogP contribution in [0, 0.1) is 0 Å². The summed E-state index contributed by atoms with van der Waals surface area (Å²) >= 11 is 7.28. The van der Waals surface area contributed by atoms with Crippen LogP contribution in [0.4, 0.5) is 0 Å². The summed E-state index contributed by atoms with van der Waals surface area (Å²) in [6.07, 6.45) is 0.0895. The van der Waals surface area contributed by atoms with Crippen LogP contribution in [0.25, 0.3) is 0 Å². The van der Waals surface area contributed by atoms with Crippen molar-refractivity contribution in [2.75, 3.05) is 18.6 Å². The van der Waals surface area contributed by atoms with Crippen LogP contribution in [-0.2, 0) is 9.59 Å². The molecule has 0 fully saturated rings. The van der Waals surface area contributed by atoms with Crippen molar-refractivity contribution >= 4 is 37.2 Å². The second-order valence-corrected chi connectivity index (χ2v) is 2.59. The second-order valence-electron chi connectivity index (χ2n) is 1.69. The van der Waals surface area contributed by atoms with Crippen LogP contribution in [0.2, 0.25) is 0 Å². The van der Waals surface area contributed by atoms with Gasteiger partial charge in [-0.25, -0.2) is 0 Å². The summed E-state index contributed by atoms with van der Waals surface area (Å²) in [5, 5.41) is 25.9. The van der Waals surface area contributed by atoms with Gasteiger partial charge in [0.15, 0.2) is 0 Å². The Morgan fingerprint density at radius 2 is 1.12 bits per heavy atom. The first-order valence-electron chi connectivity index (χ1n) is 3.60. The van der Waals surface area contributed by atoms with Gasteiger partial charge in [-0.15, -0.1) is 0 Å². The van der Waals surface area contributed by atoms with Crippen molar-refractivity contribution in [3.8, 4) is 0 Å². The third-order valence-corrected chi connectivity index (χ3v) is 1.08. The van der Waals surface area contributed by atoms with Crippen LogP contribution in [0.3, 0.4) is 0 Å². The molecule has 5 nitrogen and oxygen atoms in total. The van der Waals surface area contributed by atoms with E-state index in [1.54, 1.807) is 0 Å². The average Bonchev–Trinajstić information content (AvgIpc) is 2.08. The molecule has 0 saturated heterocycles. The van der Waals surface area contributed by atoms with Gasteiger partial charge in [-0.05, 0) is 24.3 Å². The number of rotatable bonds is 4. The van der Waals surface area contributed by atoms with Crippen molar-refractivity contribution in [1.29, 1.82) is 0 Å². The largest absolute Gasteiger partial charge is 1.00 e. The fraction of sp³-hybridized carbons (Fsp3) is 0.714. The molecule has 86 valence electrons. The topological polar surface area (TPSA) is 100 Å². The smallest absolute Gasteiger partial charge is 0.550 e. The summed E-state index contributed by atoms with van der Waals surface area (Å²) in [6.45, 7) is 0. The van der Waals surface area contributed by atoms with Gasteiger partial charge in [0.25, 0.3) is 0 Å². The van der Waals surface area contributed by atoms with Crippen molar-refractivity contribution in [1.82, 2.24) is 0 Å². The first-order valence-corrected chi connectivity index (χ1v) is 4.87. The van der Waals surface area contributed by atoms with Gasteiger partial charge < -0.3 is 24.9 Å². The molecule has 0 aliphatic heterocycles. The molecular formula is C7H14Na2O5S2. The molecule has 0 aliphatic carbocycles. The Balaban J connectivity index is -0.0000000393. The van der Waals surface area contributed by atoms with Crippen molar-refractivity contribution in [3.05, 3.63) is 0 Å². The molecule has 0 aromatic rings. The minimum Gasteiger partial charge on any atom is -0.550 e. The Labute approximate surface area is 151 Å². The van der Waals surface area contributed by atoms with E-state index in [-0.39, 0.29) is 72.0 Å². The maximum absolute atomic E-state index is 9.44. The number of aliphatic carboxylic acids is 2. The Hall–Kier alpha value is 1.60. The number of aliphatic hydroxyl groups is 1. The SMILES string of the molecule is CO.O=C([O-])CCS.O=C([O-])CCS.[Na+].[Na+]. The normalized spacial score (nSPS) is 6.50. The molecule has 0 saturated carbocycles. The fourth-order valence-corrected chi connectivity index (χ4v) is 0.548. The van der Waals surface area contributed by atoms with Gasteiger partial charge >= 0.3 is 59.1 Å². The first kappa shape index (κ1) is 30.5. The summed E-state index contributed by atoms with van der Waals surface area (Å²) in [5.41, 5.74) is 0. The predicted molar refractivity (Wildman–Crippen MR) is 55.1 cm³/mol. The molecular weight excluding hydrogens is 274 g/mol. The van der Waals surface area contributed by atoms with E-state index in [0.717, 1.165) is 7.11 Å². The van der Waals surface area contributed by atoms with Gasteiger partial charge in [-0.1, -0.05) is 0 Å². The Morgan fingerprint density at radius 1 is 0.938 bits per heavy atom. The quantitative estimate of drug-likeness (QED) is 0.352. The number of hydrogen-bond donors (Lipinski definition) is 3. The van der Waals surface area contributed by atoms with E-state index in [0.29, 0.717) is 11.5 Å². The predicted octanol–water partition coefficient (Wildman–Crippen LogP) is -8.27. The molecule has 0 heterocycles. The zero-order valence-electron chi connectivity index (χ0n) is 9.80. The van der Waals surface area contributed by atoms with Crippen LogP contribution < -0.4 is 69.3 Å². The van der Waals surface area contributed by atoms with Gasteiger partial charge in [0.2, 0.25) is 0 Å². The van der Waals surface area contributed by atoms with E-state index >= 15 is 0 Å². The molecule has 0 aromatic carbocycles. The van der Waals surface area contributed by atoms with Crippen LogP contribution in [0.15, 0.2) is 0 Å². The third kappa shape index (κ3) is 57.6. The maximum Gasteiger partial charge on any atom is 1.00 e. The van der Waals surface area contributed by atoms with Crippen LogP contribution in [-0.4, -0.2) is 35.7 Å². The summed E-state index contributed by atoms with van der Waals surface area (Å²) in [5.74, 6) is -1.35. The standard InChI is InChI=1S/2C3H6O2S.CH4O.2Na/c2*4-3(5)1-2-6;1-2;;/h2*6H,1-2H2,(H,4,5);2H,1H3;;/q;;;2*+1/p-2. The zero-order valence-corrected chi connectivity index (χ0v) is 15.6. The first-order chi connectivity index (χ1) is 6.54. The molecule has 1 N–H and O–H groups in total. The van der Waals surface area contributed by atoms with Gasteiger partial charge in [0.1, 0.15) is 0 Å². The van der Waals surface area contributed by atoms with Gasteiger partial charge in [0.05, 0.1) is 0 Å². The number of thiol groups is 2. The number of hydrogen-bond acceptors (Lipinski definition) is 7. The number of carboxylic acid groups (broad SMARTS) is 2. The third-order valence-electron chi connectivity index (χ3n) is 0.632. The molecule has 16 heavy (non-hydrogen) atoms. The zero-order chi connectivity index (χ0) is 12.0. The Bertz CT molecular complexity index is 133. The Morgan fingerprint density at radius 3 is 1.12 bits per heavy atom. The Kier molecular flexibility index (Phi) is 57.3. The molecule has 0 aromatic heterocycles. The number of carbonyl (C=O) groups is 2. The number of carbonyl (C=O) groups excluding carboxylic acids is 2. The van der Waals surface area contributed by atoms with E-state index < -0.39 is 11.9 Å². The summed E-state index contributed by atoms with van der Waals surface area (Å²) in [6, 6.07) is 0. The van der Waals surface area contributed by atoms with E-state index in [1.807, 2.05) is 0 Å². The van der Waals surface area contributed by atoms with Crippen LogP contribution in [0.1, 0.15) is 12.8 Å². The minimum absolute atomic E-state index is 0. The average molecular weight is 288 g/mol. The van der Waals surface area contributed by atoms with Gasteiger partial charge in [-0.2, -0.15) is 25.3 Å². The fourth-order valence-electron chi connectivity index (χ4n) is 0.183. The molecule has 0 radical (unpaired) electrons. The number of carboxylic acids is 2. The van der Waals surface area contributed by atoms with Gasteiger partial charge in [0, 0.05) is 19.0 Å². The molecule has 0 rings (SSSR count). The van der Waals surface area contributed by atoms with E-state index in [2.05, 4.69) is 25.3 Å². The molecule has 0 aliphatic rings. The van der Waals surface area contributed by atoms with E-state index in [9.17, 15) is 19.8 Å². The van der Waals surface area contributed by atoms with E-state index in [1.165, 1.54) is 0 Å². The molecule has 0 unspecified atom stereocenters. The summed E-state index contributed by atoms with van der Waals surface area (Å²) < 4.78 is 0. The van der Waals surface area contributed by atoms with Gasteiger partial charge in [-0.3, -0.25) is 0 Å². The van der Waals surface area contributed by atoms with E-state index in [4.69, 9.17) is 5.11 Å². The van der Waals surface area contributed by atoms with Crippen LogP contribution >= 0.6 is 25.3 Å². The molecule has 0 amide bonds. The van der Waals surface area contributed by atoms with Crippen molar-refractivity contribution < 1.29 is 84.0 Å². The van der Waals surface area contributed by atoms with Crippen molar-refractivity contribution in [2.24, 2.45) is 0 Å². The summed E-state index contributed by atoms with van der Waals surface area (Å²) in [7, 11) is 1.00. The molecule has 0 spiro atoms. The van der Waals surface area contributed by atoms with Crippen molar-refractivity contribution in [3.63, 3.8) is 0 Å². The van der Waals surface area contributed by atoms with Crippen molar-refractivity contribution in [2.45, 2.75) is 12.8 Å².